The number of rotatable bonds is 14. The number of aromatic nitrogens is 2. The van der Waals surface area contributed by atoms with Crippen LogP contribution in [0.5, 0.6) is 0 Å². The van der Waals surface area contributed by atoms with Gasteiger partial charge >= 0.3 is 5.97 Å². The molecule has 0 radical (unpaired) electrons. The molecule has 166 valence electrons. The first-order valence-corrected chi connectivity index (χ1v) is 10.3. The van der Waals surface area contributed by atoms with Crippen molar-refractivity contribution in [2.45, 2.75) is 69.7 Å². The molecule has 0 unspecified atom stereocenters. The van der Waals surface area contributed by atoms with Crippen molar-refractivity contribution in [2.75, 3.05) is 34.2 Å². The Morgan fingerprint density at radius 2 is 2.10 bits per heavy atom. The van der Waals surface area contributed by atoms with Crippen LogP contribution in [0.2, 0.25) is 0 Å². The van der Waals surface area contributed by atoms with Crippen LogP contribution in [0.3, 0.4) is 0 Å². The topological polar surface area (TPSA) is 93.1 Å². The van der Waals surface area contributed by atoms with Crippen molar-refractivity contribution in [1.29, 1.82) is 0 Å². The van der Waals surface area contributed by atoms with Gasteiger partial charge in [0.15, 0.2) is 6.10 Å². The number of imidazole rings is 1. The average molecular weight is 414 g/mol. The van der Waals surface area contributed by atoms with Gasteiger partial charge in [-0.3, -0.25) is 4.79 Å². The van der Waals surface area contributed by atoms with Gasteiger partial charge in [0.25, 0.3) is 0 Å². The normalized spacial score (nSPS) is 24.4. The molecule has 9 heteroatoms. The molecular weight excluding hydrogens is 378 g/mol. The number of nitrogens with one attached hydrogen (secondary N) is 1. The van der Waals surface area contributed by atoms with Crippen LogP contribution in [0.25, 0.3) is 0 Å². The minimum absolute atomic E-state index is 0.114. The molecule has 1 saturated heterocycles. The molecule has 0 amide bonds. The van der Waals surface area contributed by atoms with E-state index in [9.17, 15) is 4.79 Å². The van der Waals surface area contributed by atoms with Crippen LogP contribution in [-0.2, 0) is 23.7 Å². The minimum atomic E-state index is -0.143. The molecule has 1 aromatic heterocycles. The number of hydrogen-bond acceptors (Lipinski definition) is 8. The van der Waals surface area contributed by atoms with Crippen LogP contribution >= 0.6 is 0 Å². The third-order valence-electron chi connectivity index (χ3n) is 5.05. The van der Waals surface area contributed by atoms with E-state index in [-0.39, 0.29) is 31.0 Å². The molecule has 9 nitrogen and oxygen atoms in total. The van der Waals surface area contributed by atoms with Crippen molar-refractivity contribution in [3.63, 3.8) is 0 Å². The molecule has 1 fully saturated rings. The van der Waals surface area contributed by atoms with E-state index in [1.165, 1.54) is 7.11 Å². The zero-order valence-corrected chi connectivity index (χ0v) is 17.7. The second-order valence-corrected chi connectivity index (χ2v) is 7.28. The molecule has 1 aliphatic heterocycles. The lowest BCUT2D eigenvalue weighted by molar-refractivity contribution is -0.164. The van der Waals surface area contributed by atoms with Crippen LogP contribution in [0.15, 0.2) is 18.7 Å². The Morgan fingerprint density at radius 1 is 1.24 bits per heavy atom. The summed E-state index contributed by atoms with van der Waals surface area (Å²) < 4.78 is 22.7. The lowest BCUT2D eigenvalue weighted by atomic mass is 9.90. The Hall–Kier alpha value is -1.68. The number of nitrogens with zero attached hydrogens (tertiary/aromatic N) is 2. The Bertz CT molecular complexity index is 556. The van der Waals surface area contributed by atoms with E-state index in [1.54, 1.807) is 30.6 Å². The van der Waals surface area contributed by atoms with Gasteiger partial charge in [0, 0.05) is 38.2 Å². The van der Waals surface area contributed by atoms with Crippen LogP contribution in [0, 0.1) is 0 Å². The van der Waals surface area contributed by atoms with E-state index in [0.29, 0.717) is 25.7 Å². The van der Waals surface area contributed by atoms with Gasteiger partial charge in [0.05, 0.1) is 26.5 Å². The van der Waals surface area contributed by atoms with Crippen LogP contribution < -0.4 is 10.2 Å². The van der Waals surface area contributed by atoms with Gasteiger partial charge in [-0.1, -0.05) is 12.8 Å². The summed E-state index contributed by atoms with van der Waals surface area (Å²) in [5, 5.41) is 3.64. The van der Waals surface area contributed by atoms with E-state index in [1.807, 2.05) is 0 Å². The smallest absolute Gasteiger partial charge is 0.305 e. The van der Waals surface area contributed by atoms with E-state index < -0.39 is 0 Å². The van der Waals surface area contributed by atoms with Gasteiger partial charge in [-0.15, -0.1) is 0 Å². The molecular formula is C20H35N3O6. The van der Waals surface area contributed by atoms with Gasteiger partial charge in [-0.25, -0.2) is 4.98 Å². The first-order chi connectivity index (χ1) is 14.1. The Kier molecular flexibility index (Phi) is 11.0. The highest BCUT2D eigenvalue weighted by molar-refractivity contribution is 5.68. The van der Waals surface area contributed by atoms with Gasteiger partial charge in [0.2, 0.25) is 0 Å². The number of esters is 1. The first-order valence-electron chi connectivity index (χ1n) is 10.3. The van der Waals surface area contributed by atoms with Crippen LogP contribution in [-0.4, -0.2) is 74.2 Å². The van der Waals surface area contributed by atoms with Crippen molar-refractivity contribution < 1.29 is 28.6 Å². The van der Waals surface area contributed by atoms with Crippen molar-refractivity contribution in [1.82, 2.24) is 15.0 Å². The molecule has 1 aliphatic rings. The molecule has 2 rings (SSSR count). The standard InChI is InChI=1S/C20H35N3O6/c1-16-20(28-15-27-12-11-25-2)18(29-23-10-9-21-14-23)13-17(22-16)7-5-4-6-8-19(24)26-3/h9-10,14,16-18,20,22H,4-8,11-13,15H2,1-3H3/t16-,17+,18+,20+/m0/s1. The lowest BCUT2D eigenvalue weighted by Gasteiger charge is -2.40. The second-order valence-electron chi connectivity index (χ2n) is 7.28. The van der Waals surface area contributed by atoms with E-state index >= 15 is 0 Å². The zero-order chi connectivity index (χ0) is 20.9. The number of methoxy groups -OCH3 is 2. The van der Waals surface area contributed by atoms with Crippen LogP contribution in [0.1, 0.15) is 45.4 Å². The third-order valence-corrected chi connectivity index (χ3v) is 5.05. The van der Waals surface area contributed by atoms with Crippen molar-refractivity contribution in [3.05, 3.63) is 18.7 Å². The summed E-state index contributed by atoms with van der Waals surface area (Å²) >= 11 is 0. The second kappa shape index (κ2) is 13.5. The monoisotopic (exact) mass is 413 g/mol. The number of carbonyl (C=O) groups is 1. The number of carbonyl (C=O) groups excluding carboxylic acids is 1. The number of hydrogen-bond donors (Lipinski definition) is 1. The summed E-state index contributed by atoms with van der Waals surface area (Å²) in [6.45, 7) is 3.33. The highest BCUT2D eigenvalue weighted by Crippen LogP contribution is 2.22. The first kappa shape index (κ1) is 23.6. The molecule has 0 spiro atoms. The Balaban J connectivity index is 1.81. The van der Waals surface area contributed by atoms with Crippen molar-refractivity contribution >= 4 is 5.97 Å². The predicted octanol–water partition coefficient (Wildman–Crippen LogP) is 1.56. The van der Waals surface area contributed by atoms with Gasteiger partial charge in [0.1, 0.15) is 19.2 Å². The molecule has 0 saturated carbocycles. The molecule has 1 aromatic rings. The molecule has 4 atom stereocenters. The molecule has 0 aromatic carbocycles. The van der Waals surface area contributed by atoms with Gasteiger partial charge in [-0.05, 0) is 19.8 Å². The summed E-state index contributed by atoms with van der Waals surface area (Å²) in [4.78, 5) is 21.4. The summed E-state index contributed by atoms with van der Waals surface area (Å²) in [7, 11) is 3.07. The van der Waals surface area contributed by atoms with Crippen molar-refractivity contribution in [3.8, 4) is 0 Å². The molecule has 0 bridgehead atoms. The number of ether oxygens (including phenoxy) is 4. The van der Waals surface area contributed by atoms with E-state index in [4.69, 9.17) is 19.0 Å². The minimum Gasteiger partial charge on any atom is -0.469 e. The highest BCUT2D eigenvalue weighted by atomic mass is 16.7. The fourth-order valence-electron chi connectivity index (χ4n) is 3.56. The number of unbranched alkanes of at least 4 members (excludes halogenated alkanes) is 2. The largest absolute Gasteiger partial charge is 0.469 e. The quantitative estimate of drug-likeness (QED) is 0.279. The summed E-state index contributed by atoms with van der Waals surface area (Å²) in [5.74, 6) is -0.143. The molecule has 0 aliphatic carbocycles. The fraction of sp³-hybridized carbons (Fsp3) is 0.800. The zero-order valence-electron chi connectivity index (χ0n) is 17.7. The molecule has 29 heavy (non-hydrogen) atoms. The van der Waals surface area contributed by atoms with Crippen LogP contribution in [0.4, 0.5) is 0 Å². The number of piperidine rings is 1. The average Bonchev–Trinajstić information content (AvgIpc) is 3.22. The molecule has 2 heterocycles. The maximum absolute atomic E-state index is 11.2. The maximum atomic E-state index is 11.2. The summed E-state index contributed by atoms with van der Waals surface area (Å²) in [6, 6.07) is 0.439. The predicted molar refractivity (Wildman–Crippen MR) is 106 cm³/mol. The Labute approximate surface area is 173 Å². The van der Waals surface area contributed by atoms with E-state index in [0.717, 1.165) is 32.1 Å². The van der Waals surface area contributed by atoms with E-state index in [2.05, 4.69) is 22.0 Å². The lowest BCUT2D eigenvalue weighted by Crippen LogP contribution is -2.59. The highest BCUT2D eigenvalue weighted by Gasteiger charge is 2.38. The Morgan fingerprint density at radius 3 is 2.83 bits per heavy atom. The maximum Gasteiger partial charge on any atom is 0.305 e. The summed E-state index contributed by atoms with van der Waals surface area (Å²) in [5.41, 5.74) is 0. The van der Waals surface area contributed by atoms with Crippen molar-refractivity contribution in [2.24, 2.45) is 0 Å². The molecule has 1 N–H and O–H groups in total. The SMILES string of the molecule is COCCOCO[C@@H]1[C@H](C)N[C@H](CCCCCC(=O)OC)C[C@H]1On1ccnc1. The fourth-order valence-corrected chi connectivity index (χ4v) is 3.56. The summed E-state index contributed by atoms with van der Waals surface area (Å²) in [6.07, 6.45) is 10.1. The van der Waals surface area contributed by atoms with Gasteiger partial charge < -0.3 is 29.1 Å². The third kappa shape index (κ3) is 8.69. The van der Waals surface area contributed by atoms with Gasteiger partial charge in [-0.2, -0.15) is 4.73 Å².